The fourth-order valence-corrected chi connectivity index (χ4v) is 0.205. The Morgan fingerprint density at radius 3 is 2.57 bits per heavy atom. The van der Waals surface area contributed by atoms with E-state index in [9.17, 15) is 0 Å². The van der Waals surface area contributed by atoms with E-state index in [1.165, 1.54) is 7.11 Å². The minimum absolute atomic E-state index is 0.266. The monoisotopic (exact) mass is 121 g/mol. The van der Waals surface area contributed by atoms with E-state index in [4.69, 9.17) is 5.84 Å². The Kier molecular flexibility index (Phi) is 3.58. The van der Waals surface area contributed by atoms with Crippen molar-refractivity contribution in [1.82, 2.24) is 10.9 Å². The van der Waals surface area contributed by atoms with Crippen molar-refractivity contribution < 1.29 is 4.84 Å². The average molecular weight is 121 g/mol. The van der Waals surface area contributed by atoms with E-state index in [1.807, 2.05) is 0 Å². The Bertz CT molecular complexity index is 66.0. The normalized spacial score (nSPS) is 7.71. The zero-order valence-electron chi connectivity index (χ0n) is 3.89. The van der Waals surface area contributed by atoms with Crippen LogP contribution < -0.4 is 16.7 Å². The number of hydrogen-bond acceptors (Lipinski definition) is 3. The minimum atomic E-state index is 0.266. The van der Waals surface area contributed by atoms with E-state index in [-0.39, 0.29) is 5.11 Å². The van der Waals surface area contributed by atoms with Crippen LogP contribution in [-0.2, 0) is 4.84 Å². The molecule has 0 atom stereocenters. The number of nitrogens with two attached hydrogens (primary N) is 1. The molecule has 5 heteroatoms. The second-order valence-electron chi connectivity index (χ2n) is 0.780. The van der Waals surface area contributed by atoms with Gasteiger partial charge in [0.1, 0.15) is 0 Å². The molecule has 0 amide bonds. The zero-order valence-corrected chi connectivity index (χ0v) is 4.71. The first-order valence-electron chi connectivity index (χ1n) is 1.61. The maximum Gasteiger partial charge on any atom is 0.204 e. The van der Waals surface area contributed by atoms with E-state index < -0.39 is 0 Å². The van der Waals surface area contributed by atoms with E-state index in [0.29, 0.717) is 0 Å². The molecule has 0 rings (SSSR count). The summed E-state index contributed by atoms with van der Waals surface area (Å²) in [6.07, 6.45) is 0. The highest BCUT2D eigenvalue weighted by molar-refractivity contribution is 7.80. The van der Waals surface area contributed by atoms with Gasteiger partial charge in [-0.15, -0.1) is 0 Å². The molecule has 0 aliphatic rings. The smallest absolute Gasteiger partial charge is 0.204 e. The molecule has 0 unspecified atom stereocenters. The van der Waals surface area contributed by atoms with Gasteiger partial charge in [-0.3, -0.25) is 10.3 Å². The predicted octanol–water partition coefficient (Wildman–Crippen LogP) is -1.11. The second-order valence-corrected chi connectivity index (χ2v) is 1.19. The Balaban J connectivity index is 3.00. The highest BCUT2D eigenvalue weighted by Gasteiger charge is 1.81. The maximum absolute atomic E-state index is 4.82. The van der Waals surface area contributed by atoms with Crippen molar-refractivity contribution in [3.8, 4) is 0 Å². The summed E-state index contributed by atoms with van der Waals surface area (Å²) in [5.41, 5.74) is 4.45. The Hall–Kier alpha value is -0.390. The first kappa shape index (κ1) is 6.61. The Morgan fingerprint density at radius 2 is 2.43 bits per heavy atom. The van der Waals surface area contributed by atoms with Crippen LogP contribution in [0, 0.1) is 0 Å². The number of nitrogens with one attached hydrogen (secondary N) is 2. The number of rotatable bonds is 1. The van der Waals surface area contributed by atoms with Gasteiger partial charge < -0.3 is 0 Å². The van der Waals surface area contributed by atoms with Crippen LogP contribution in [0.2, 0.25) is 0 Å². The SMILES string of the molecule is CONC(=S)NN. The largest absolute Gasteiger partial charge is 0.299 e. The number of hydroxylamine groups is 1. The van der Waals surface area contributed by atoms with Gasteiger partial charge in [-0.25, -0.2) is 11.3 Å². The molecule has 4 nitrogen and oxygen atoms in total. The standard InChI is InChI=1S/C2H7N3OS/c1-6-5-2(7)4-3/h3H2,1H3,(H2,4,5,7). The van der Waals surface area contributed by atoms with Gasteiger partial charge in [0.25, 0.3) is 0 Å². The Labute approximate surface area is 46.9 Å². The number of thiocarbonyl (C=S) groups is 1. The molecule has 0 saturated carbocycles. The second kappa shape index (κ2) is 3.79. The molecule has 0 aliphatic carbocycles. The van der Waals surface area contributed by atoms with Gasteiger partial charge in [-0.2, -0.15) is 0 Å². The van der Waals surface area contributed by atoms with E-state index >= 15 is 0 Å². The molecule has 0 spiro atoms. The van der Waals surface area contributed by atoms with Crippen LogP contribution in [0.5, 0.6) is 0 Å². The van der Waals surface area contributed by atoms with Gasteiger partial charge in [0.2, 0.25) is 5.11 Å². The molecule has 0 aromatic heterocycles. The zero-order chi connectivity index (χ0) is 5.70. The summed E-state index contributed by atoms with van der Waals surface area (Å²) in [6.45, 7) is 0. The topological polar surface area (TPSA) is 59.3 Å². The van der Waals surface area contributed by atoms with Crippen molar-refractivity contribution in [3.05, 3.63) is 0 Å². The van der Waals surface area contributed by atoms with Gasteiger partial charge in [0.15, 0.2) is 0 Å². The number of hydrogen-bond donors (Lipinski definition) is 3. The van der Waals surface area contributed by atoms with Crippen LogP contribution in [0.25, 0.3) is 0 Å². The van der Waals surface area contributed by atoms with Crippen molar-refractivity contribution in [3.63, 3.8) is 0 Å². The first-order valence-corrected chi connectivity index (χ1v) is 2.01. The van der Waals surface area contributed by atoms with Crippen molar-refractivity contribution in [1.29, 1.82) is 0 Å². The summed E-state index contributed by atoms with van der Waals surface area (Å²) >= 11 is 4.48. The summed E-state index contributed by atoms with van der Waals surface area (Å²) in [6, 6.07) is 0. The van der Waals surface area contributed by atoms with Crippen molar-refractivity contribution in [2.75, 3.05) is 7.11 Å². The van der Waals surface area contributed by atoms with Gasteiger partial charge in [-0.05, 0) is 12.2 Å². The van der Waals surface area contributed by atoms with Gasteiger partial charge in [0, 0.05) is 0 Å². The maximum atomic E-state index is 4.82. The van der Waals surface area contributed by atoms with Crippen LogP contribution in [0.3, 0.4) is 0 Å². The quantitative estimate of drug-likeness (QED) is 0.233. The molecule has 0 radical (unpaired) electrons. The Morgan fingerprint density at radius 1 is 1.86 bits per heavy atom. The van der Waals surface area contributed by atoms with Crippen LogP contribution in [0.4, 0.5) is 0 Å². The molecular formula is C2H7N3OS. The summed E-state index contributed by atoms with van der Waals surface area (Å²) in [4.78, 5) is 4.36. The lowest BCUT2D eigenvalue weighted by atomic mass is 11.2. The lowest BCUT2D eigenvalue weighted by molar-refractivity contribution is 0.143. The fourth-order valence-electron chi connectivity index (χ4n) is 0.122. The molecule has 0 aromatic rings. The summed E-state index contributed by atoms with van der Waals surface area (Å²) in [7, 11) is 1.45. The van der Waals surface area contributed by atoms with Crippen LogP contribution in [0.15, 0.2) is 0 Å². The lowest BCUT2D eigenvalue weighted by Crippen LogP contribution is -2.38. The highest BCUT2D eigenvalue weighted by atomic mass is 32.1. The minimum Gasteiger partial charge on any atom is -0.299 e. The number of hydrazine groups is 1. The molecule has 0 fully saturated rings. The van der Waals surface area contributed by atoms with Crippen LogP contribution in [-0.4, -0.2) is 12.2 Å². The van der Waals surface area contributed by atoms with Gasteiger partial charge in [-0.1, -0.05) is 0 Å². The van der Waals surface area contributed by atoms with E-state index in [1.54, 1.807) is 0 Å². The molecule has 0 aromatic carbocycles. The molecule has 7 heavy (non-hydrogen) atoms. The van der Waals surface area contributed by atoms with E-state index in [2.05, 4.69) is 28.0 Å². The summed E-state index contributed by atoms with van der Waals surface area (Å²) in [5, 5.41) is 0.266. The first-order chi connectivity index (χ1) is 3.31. The van der Waals surface area contributed by atoms with Crippen molar-refractivity contribution in [2.45, 2.75) is 0 Å². The van der Waals surface area contributed by atoms with Crippen LogP contribution >= 0.6 is 12.2 Å². The van der Waals surface area contributed by atoms with Crippen LogP contribution in [0.1, 0.15) is 0 Å². The third kappa shape index (κ3) is 3.44. The van der Waals surface area contributed by atoms with E-state index in [0.717, 1.165) is 0 Å². The summed E-state index contributed by atoms with van der Waals surface area (Å²) < 4.78 is 0. The van der Waals surface area contributed by atoms with Gasteiger partial charge in [0.05, 0.1) is 7.11 Å². The molecule has 0 saturated heterocycles. The fraction of sp³-hybridized carbons (Fsp3) is 0.500. The van der Waals surface area contributed by atoms with Gasteiger partial charge >= 0.3 is 0 Å². The molecule has 0 heterocycles. The molecule has 4 N–H and O–H groups in total. The summed E-state index contributed by atoms with van der Waals surface area (Å²) in [5.74, 6) is 4.82. The third-order valence-electron chi connectivity index (χ3n) is 0.326. The van der Waals surface area contributed by atoms with Crippen molar-refractivity contribution >= 4 is 17.3 Å². The van der Waals surface area contributed by atoms with Crippen molar-refractivity contribution in [2.24, 2.45) is 5.84 Å². The highest BCUT2D eigenvalue weighted by Crippen LogP contribution is 1.56. The molecule has 0 aliphatic heterocycles. The lowest BCUT2D eigenvalue weighted by Gasteiger charge is -2.00. The average Bonchev–Trinajstić information content (AvgIpc) is 1.68. The molecule has 42 valence electrons. The predicted molar refractivity (Wildman–Crippen MR) is 30.1 cm³/mol. The third-order valence-corrected chi connectivity index (χ3v) is 0.527. The molecule has 0 bridgehead atoms. The molecular weight excluding hydrogens is 114 g/mol.